The zero-order valence-electron chi connectivity index (χ0n) is 18.8. The van der Waals surface area contributed by atoms with Crippen LogP contribution in [0.2, 0.25) is 18.1 Å². The topological polar surface area (TPSA) is 77.1 Å². The molecule has 0 radical (unpaired) electrons. The molecule has 0 aromatic carbocycles. The third-order valence-corrected chi connectivity index (χ3v) is 10.4. The smallest absolute Gasteiger partial charge is 0.410 e. The van der Waals surface area contributed by atoms with E-state index in [4.69, 9.17) is 13.9 Å². The predicted molar refractivity (Wildman–Crippen MR) is 111 cm³/mol. The van der Waals surface area contributed by atoms with Gasteiger partial charge in [-0.3, -0.25) is 0 Å². The Labute approximate surface area is 170 Å². The number of likely N-dealkylation sites (tertiary alicyclic amines) is 1. The van der Waals surface area contributed by atoms with Gasteiger partial charge >= 0.3 is 12.2 Å². The van der Waals surface area contributed by atoms with Crippen molar-refractivity contribution >= 4 is 20.5 Å². The lowest BCUT2D eigenvalue weighted by atomic mass is 10.0. The average Bonchev–Trinajstić information content (AvgIpc) is 3.08. The first-order valence-corrected chi connectivity index (χ1v) is 13.2. The van der Waals surface area contributed by atoms with Crippen molar-refractivity contribution in [2.24, 2.45) is 0 Å². The highest BCUT2D eigenvalue weighted by atomic mass is 28.4. The molecule has 2 rings (SSSR count). The number of carbonyl (C=O) groups is 2. The summed E-state index contributed by atoms with van der Waals surface area (Å²) >= 11 is 0. The molecule has 0 aromatic rings. The van der Waals surface area contributed by atoms with Gasteiger partial charge in [0.05, 0.1) is 12.1 Å². The van der Waals surface area contributed by atoms with Gasteiger partial charge in [-0.1, -0.05) is 20.8 Å². The van der Waals surface area contributed by atoms with E-state index in [0.717, 1.165) is 19.3 Å². The highest BCUT2D eigenvalue weighted by Gasteiger charge is 2.44. The van der Waals surface area contributed by atoms with Crippen LogP contribution in [0, 0.1) is 0 Å². The molecule has 0 unspecified atom stereocenters. The molecule has 28 heavy (non-hydrogen) atoms. The number of amides is 2. The minimum Gasteiger partial charge on any atom is -0.447 e. The van der Waals surface area contributed by atoms with Crippen molar-refractivity contribution < 1.29 is 23.5 Å². The fourth-order valence-corrected chi connectivity index (χ4v) is 4.70. The van der Waals surface area contributed by atoms with Crippen molar-refractivity contribution in [2.45, 2.75) is 103 Å². The van der Waals surface area contributed by atoms with Crippen LogP contribution in [0.25, 0.3) is 0 Å². The number of rotatable bonds is 5. The Morgan fingerprint density at radius 3 is 2.36 bits per heavy atom. The molecule has 0 aliphatic carbocycles. The Morgan fingerprint density at radius 2 is 1.86 bits per heavy atom. The number of alkyl carbamates (subject to hydrolysis) is 1. The normalized spacial score (nSPS) is 26.2. The maximum Gasteiger partial charge on any atom is 0.410 e. The fourth-order valence-electron chi connectivity index (χ4n) is 3.35. The summed E-state index contributed by atoms with van der Waals surface area (Å²) in [6, 6.07) is 0.0514. The van der Waals surface area contributed by atoms with E-state index in [1.807, 2.05) is 25.7 Å². The molecule has 162 valence electrons. The second-order valence-corrected chi connectivity index (χ2v) is 15.3. The van der Waals surface area contributed by atoms with Gasteiger partial charge in [-0.25, -0.2) is 9.59 Å². The lowest BCUT2D eigenvalue weighted by Gasteiger charge is -2.38. The summed E-state index contributed by atoms with van der Waals surface area (Å²) in [5, 5.41) is 2.93. The third kappa shape index (κ3) is 6.11. The molecule has 0 saturated carbocycles. The largest absolute Gasteiger partial charge is 0.447 e. The molecule has 0 spiro atoms. The molecular formula is C20H38N2O5Si. The van der Waals surface area contributed by atoms with E-state index in [2.05, 4.69) is 39.2 Å². The second kappa shape index (κ2) is 8.22. The zero-order chi connectivity index (χ0) is 21.3. The van der Waals surface area contributed by atoms with Gasteiger partial charge in [-0.05, 0) is 58.2 Å². The zero-order valence-corrected chi connectivity index (χ0v) is 19.8. The standard InChI is InChI=1S/C20H38N2O5Si/c1-19(2,3)26-18(24)22-12-16(27-28(7,8)20(4,5)6)11-15(22)10-9-14-13-25-17(23)21-14/h14-16H,9-13H2,1-8H3,(H,21,23)/t14-,15+,16+/m0/s1. The van der Waals surface area contributed by atoms with Crippen LogP contribution in [-0.4, -0.2) is 62.3 Å². The summed E-state index contributed by atoms with van der Waals surface area (Å²) in [7, 11) is -1.92. The highest BCUT2D eigenvalue weighted by molar-refractivity contribution is 6.74. The predicted octanol–water partition coefficient (Wildman–Crippen LogP) is 4.27. The Balaban J connectivity index is 2.05. The number of hydrogen-bond donors (Lipinski definition) is 1. The Morgan fingerprint density at radius 1 is 1.21 bits per heavy atom. The first kappa shape index (κ1) is 23.0. The number of ether oxygens (including phenoxy) is 2. The van der Waals surface area contributed by atoms with Crippen LogP contribution < -0.4 is 5.32 Å². The van der Waals surface area contributed by atoms with Crippen LogP contribution in [0.3, 0.4) is 0 Å². The van der Waals surface area contributed by atoms with Gasteiger partial charge in [-0.15, -0.1) is 0 Å². The van der Waals surface area contributed by atoms with Gasteiger partial charge in [0.2, 0.25) is 0 Å². The van der Waals surface area contributed by atoms with E-state index in [1.54, 1.807) is 0 Å². The first-order valence-electron chi connectivity index (χ1n) is 10.3. The summed E-state index contributed by atoms with van der Waals surface area (Å²) < 4.78 is 17.2. The summed E-state index contributed by atoms with van der Waals surface area (Å²) in [5.74, 6) is 0. The van der Waals surface area contributed by atoms with E-state index in [1.165, 1.54) is 0 Å². The van der Waals surface area contributed by atoms with Crippen molar-refractivity contribution in [1.82, 2.24) is 10.2 Å². The van der Waals surface area contributed by atoms with Crippen LogP contribution in [0.1, 0.15) is 60.8 Å². The van der Waals surface area contributed by atoms with Gasteiger partial charge in [0.15, 0.2) is 8.32 Å². The summed E-state index contributed by atoms with van der Waals surface area (Å²) in [6.07, 6.45) is 1.72. The van der Waals surface area contributed by atoms with E-state index >= 15 is 0 Å². The number of nitrogens with one attached hydrogen (secondary N) is 1. The lowest BCUT2D eigenvalue weighted by molar-refractivity contribution is 0.0202. The SMILES string of the molecule is CC(C)(C)OC(=O)N1C[C@H](O[Si](C)(C)C(C)(C)C)C[C@H]1CC[C@H]1COC(=O)N1. The van der Waals surface area contributed by atoms with E-state index in [9.17, 15) is 9.59 Å². The van der Waals surface area contributed by atoms with Crippen molar-refractivity contribution in [3.8, 4) is 0 Å². The molecule has 2 amide bonds. The van der Waals surface area contributed by atoms with Crippen LogP contribution in [0.5, 0.6) is 0 Å². The Kier molecular flexibility index (Phi) is 6.75. The molecule has 2 aliphatic rings. The molecule has 0 aromatic heterocycles. The Bertz CT molecular complexity index is 582. The van der Waals surface area contributed by atoms with Crippen molar-refractivity contribution in [1.29, 1.82) is 0 Å². The van der Waals surface area contributed by atoms with Gasteiger partial charge < -0.3 is 24.1 Å². The van der Waals surface area contributed by atoms with Crippen LogP contribution >= 0.6 is 0 Å². The molecule has 0 bridgehead atoms. The molecule has 3 atom stereocenters. The summed E-state index contributed by atoms with van der Waals surface area (Å²) in [5.41, 5.74) is -0.534. The van der Waals surface area contributed by atoms with Crippen molar-refractivity contribution in [3.05, 3.63) is 0 Å². The second-order valence-electron chi connectivity index (χ2n) is 10.5. The van der Waals surface area contributed by atoms with Gasteiger partial charge in [-0.2, -0.15) is 0 Å². The third-order valence-electron chi connectivity index (χ3n) is 5.86. The fraction of sp³-hybridized carbons (Fsp3) is 0.900. The maximum absolute atomic E-state index is 12.8. The molecule has 1 N–H and O–H groups in total. The van der Waals surface area contributed by atoms with E-state index in [-0.39, 0.29) is 35.4 Å². The van der Waals surface area contributed by atoms with Gasteiger partial charge in [0.1, 0.15) is 12.2 Å². The molecule has 8 heteroatoms. The minimum atomic E-state index is -1.92. The Hall–Kier alpha value is -1.28. The highest BCUT2D eigenvalue weighted by Crippen LogP contribution is 2.39. The first-order chi connectivity index (χ1) is 12.7. The van der Waals surface area contributed by atoms with Gasteiger partial charge in [0.25, 0.3) is 0 Å². The number of carbonyl (C=O) groups excluding carboxylic acids is 2. The molecule has 7 nitrogen and oxygen atoms in total. The number of nitrogens with zero attached hydrogens (tertiary/aromatic N) is 1. The van der Waals surface area contributed by atoms with Crippen LogP contribution in [0.4, 0.5) is 9.59 Å². The van der Waals surface area contributed by atoms with Crippen molar-refractivity contribution in [3.63, 3.8) is 0 Å². The molecule has 2 saturated heterocycles. The lowest BCUT2D eigenvalue weighted by Crippen LogP contribution is -2.45. The van der Waals surface area contributed by atoms with Crippen LogP contribution in [0.15, 0.2) is 0 Å². The monoisotopic (exact) mass is 414 g/mol. The summed E-state index contributed by atoms with van der Waals surface area (Å²) in [4.78, 5) is 25.9. The summed E-state index contributed by atoms with van der Waals surface area (Å²) in [6.45, 7) is 17.7. The quantitative estimate of drug-likeness (QED) is 0.680. The van der Waals surface area contributed by atoms with Gasteiger partial charge in [0, 0.05) is 12.6 Å². The van der Waals surface area contributed by atoms with E-state index < -0.39 is 13.9 Å². The molecule has 2 heterocycles. The minimum absolute atomic E-state index is 0.00773. The van der Waals surface area contributed by atoms with Crippen LogP contribution in [-0.2, 0) is 13.9 Å². The molecular weight excluding hydrogens is 376 g/mol. The van der Waals surface area contributed by atoms with Crippen molar-refractivity contribution in [2.75, 3.05) is 13.2 Å². The number of cyclic esters (lactones) is 1. The van der Waals surface area contributed by atoms with E-state index in [0.29, 0.717) is 13.2 Å². The molecule has 2 fully saturated rings. The molecule has 2 aliphatic heterocycles. The number of hydrogen-bond acceptors (Lipinski definition) is 5. The average molecular weight is 415 g/mol. The maximum atomic E-state index is 12.8.